The zero-order valence-electron chi connectivity index (χ0n) is 9.60. The average molecular weight is 247 g/mol. The zero-order valence-corrected chi connectivity index (χ0v) is 10.4. The minimum Gasteiger partial charge on any atom is -0.465 e. The fourth-order valence-corrected chi connectivity index (χ4v) is 2.10. The highest BCUT2D eigenvalue weighted by atomic mass is 32.2. The molecule has 0 aromatic heterocycles. The summed E-state index contributed by atoms with van der Waals surface area (Å²) in [6.07, 6.45) is 0.441. The highest BCUT2D eigenvalue weighted by Gasteiger charge is 2.17. The van der Waals surface area contributed by atoms with Crippen LogP contribution in [0.5, 0.6) is 0 Å². The lowest BCUT2D eigenvalue weighted by atomic mass is 10.2. The number of nitriles is 1. The largest absolute Gasteiger partial charge is 0.465 e. The fraction of sp³-hybridized carbons (Fsp3) is 0.800. The van der Waals surface area contributed by atoms with Crippen LogP contribution >= 0.6 is 0 Å². The van der Waals surface area contributed by atoms with Gasteiger partial charge in [0, 0.05) is 6.42 Å². The molecule has 0 N–H and O–H groups in total. The van der Waals surface area contributed by atoms with Crippen molar-refractivity contribution in [1.82, 2.24) is 0 Å². The number of hydrogen-bond acceptors (Lipinski definition) is 5. The summed E-state index contributed by atoms with van der Waals surface area (Å²) in [6, 6.07) is 1.85. The number of unbranched alkanes of at least 4 members (excludes halogenated alkanes) is 1. The molecule has 0 aromatic rings. The Kier molecular flexibility index (Phi) is 6.74. The van der Waals surface area contributed by atoms with E-state index >= 15 is 0 Å². The number of carbonyl (C=O) groups excluding carboxylic acids is 1. The van der Waals surface area contributed by atoms with Crippen molar-refractivity contribution in [3.8, 4) is 6.07 Å². The molecule has 0 heterocycles. The van der Waals surface area contributed by atoms with Crippen LogP contribution in [0.4, 0.5) is 0 Å². The second-order valence-electron chi connectivity index (χ2n) is 3.93. The summed E-state index contributed by atoms with van der Waals surface area (Å²) in [5.74, 6) is -1.27. The minimum atomic E-state index is -3.43. The smallest absolute Gasteiger partial charge is 0.321 e. The lowest BCUT2D eigenvalue weighted by Crippen LogP contribution is -2.22. The van der Waals surface area contributed by atoms with Crippen LogP contribution in [-0.2, 0) is 19.4 Å². The van der Waals surface area contributed by atoms with Gasteiger partial charge in [-0.25, -0.2) is 8.42 Å². The molecule has 0 atom stereocenters. The molecule has 0 aromatic carbocycles. The average Bonchev–Trinajstić information content (AvgIpc) is 2.14. The summed E-state index contributed by atoms with van der Waals surface area (Å²) in [6.45, 7) is 3.97. The van der Waals surface area contributed by atoms with E-state index in [1.807, 2.05) is 19.9 Å². The maximum atomic E-state index is 11.4. The molecule has 5 nitrogen and oxygen atoms in total. The molecular weight excluding hydrogens is 230 g/mol. The van der Waals surface area contributed by atoms with E-state index in [1.165, 1.54) is 0 Å². The highest BCUT2D eigenvalue weighted by Crippen LogP contribution is 2.00. The number of ether oxygens (including phenoxy) is 1. The highest BCUT2D eigenvalue weighted by molar-refractivity contribution is 7.92. The van der Waals surface area contributed by atoms with Crippen molar-refractivity contribution in [3.05, 3.63) is 0 Å². The first-order chi connectivity index (χ1) is 7.37. The molecule has 0 aliphatic rings. The van der Waals surface area contributed by atoms with E-state index in [0.717, 1.165) is 0 Å². The molecule has 0 unspecified atom stereocenters. The van der Waals surface area contributed by atoms with Crippen molar-refractivity contribution in [2.24, 2.45) is 5.92 Å². The number of carbonyl (C=O) groups is 1. The second kappa shape index (κ2) is 7.23. The van der Waals surface area contributed by atoms with E-state index in [0.29, 0.717) is 0 Å². The quantitative estimate of drug-likeness (QED) is 0.493. The Hall–Kier alpha value is -1.09. The Morgan fingerprint density at radius 3 is 2.56 bits per heavy atom. The Bertz CT molecular complexity index is 354. The van der Waals surface area contributed by atoms with Gasteiger partial charge in [0.25, 0.3) is 0 Å². The first kappa shape index (κ1) is 14.9. The lowest BCUT2D eigenvalue weighted by molar-refractivity contribution is -0.141. The van der Waals surface area contributed by atoms with Gasteiger partial charge < -0.3 is 4.74 Å². The van der Waals surface area contributed by atoms with Crippen LogP contribution < -0.4 is 0 Å². The molecule has 0 aliphatic heterocycles. The minimum absolute atomic E-state index is 0.142. The van der Waals surface area contributed by atoms with E-state index in [9.17, 15) is 13.2 Å². The van der Waals surface area contributed by atoms with Gasteiger partial charge in [0.2, 0.25) is 0 Å². The van der Waals surface area contributed by atoms with Crippen LogP contribution in [0.15, 0.2) is 0 Å². The molecule has 0 aliphatic carbocycles. The molecule has 0 amide bonds. The first-order valence-electron chi connectivity index (χ1n) is 5.10. The lowest BCUT2D eigenvalue weighted by Gasteiger charge is -2.07. The third kappa shape index (κ3) is 8.24. The number of nitrogens with zero attached hydrogens (tertiary/aromatic N) is 1. The van der Waals surface area contributed by atoms with Gasteiger partial charge in [0.1, 0.15) is 5.75 Å². The summed E-state index contributed by atoms with van der Waals surface area (Å²) >= 11 is 0. The molecule has 6 heteroatoms. The number of hydrogen-bond donors (Lipinski definition) is 0. The fourth-order valence-electron chi connectivity index (χ4n) is 0.924. The van der Waals surface area contributed by atoms with Gasteiger partial charge in [-0.3, -0.25) is 4.79 Å². The van der Waals surface area contributed by atoms with Crippen LogP contribution in [0.1, 0.15) is 26.7 Å². The molecule has 0 saturated heterocycles. The molecular formula is C10H17NO4S. The van der Waals surface area contributed by atoms with Crippen molar-refractivity contribution < 1.29 is 17.9 Å². The number of sulfone groups is 1. The van der Waals surface area contributed by atoms with Gasteiger partial charge in [-0.05, 0) is 12.3 Å². The Morgan fingerprint density at radius 2 is 2.06 bits per heavy atom. The van der Waals surface area contributed by atoms with Crippen LogP contribution in [0, 0.1) is 17.2 Å². The first-order valence-corrected chi connectivity index (χ1v) is 6.92. The summed E-state index contributed by atoms with van der Waals surface area (Å²) < 4.78 is 27.5. The van der Waals surface area contributed by atoms with E-state index in [-0.39, 0.29) is 31.1 Å². The van der Waals surface area contributed by atoms with Gasteiger partial charge in [0.15, 0.2) is 9.84 Å². The van der Waals surface area contributed by atoms with Crippen molar-refractivity contribution in [2.75, 3.05) is 18.1 Å². The van der Waals surface area contributed by atoms with Crippen LogP contribution in [0.3, 0.4) is 0 Å². The molecule has 92 valence electrons. The van der Waals surface area contributed by atoms with Crippen LogP contribution in [0.2, 0.25) is 0 Å². The SMILES string of the molecule is CC(C)COC(=O)CS(=O)(=O)CCCC#N. The normalized spacial score (nSPS) is 11.1. The molecule has 0 saturated carbocycles. The molecule has 0 rings (SSSR count). The van der Waals surface area contributed by atoms with Crippen molar-refractivity contribution >= 4 is 15.8 Å². The van der Waals surface area contributed by atoms with E-state index in [2.05, 4.69) is 0 Å². The maximum absolute atomic E-state index is 11.4. The van der Waals surface area contributed by atoms with Crippen LogP contribution in [0.25, 0.3) is 0 Å². The predicted molar refractivity (Wildman–Crippen MR) is 59.3 cm³/mol. The molecule has 0 spiro atoms. The van der Waals surface area contributed by atoms with E-state index in [1.54, 1.807) is 0 Å². The van der Waals surface area contributed by atoms with Crippen LogP contribution in [-0.4, -0.2) is 32.5 Å². The molecule has 0 radical (unpaired) electrons. The standard InChI is InChI=1S/C10H17NO4S/c1-9(2)7-15-10(12)8-16(13,14)6-4-3-5-11/h9H,3-4,6-8H2,1-2H3. The van der Waals surface area contributed by atoms with Gasteiger partial charge in [-0.15, -0.1) is 0 Å². The maximum Gasteiger partial charge on any atom is 0.321 e. The van der Waals surface area contributed by atoms with Crippen molar-refractivity contribution in [2.45, 2.75) is 26.7 Å². The van der Waals surface area contributed by atoms with Gasteiger partial charge in [-0.2, -0.15) is 5.26 Å². The van der Waals surface area contributed by atoms with Gasteiger partial charge >= 0.3 is 5.97 Å². The van der Waals surface area contributed by atoms with Gasteiger partial charge in [-0.1, -0.05) is 13.8 Å². The Balaban J connectivity index is 3.97. The molecule has 16 heavy (non-hydrogen) atoms. The third-order valence-electron chi connectivity index (χ3n) is 1.66. The number of rotatable bonds is 7. The third-order valence-corrected chi connectivity index (χ3v) is 3.25. The van der Waals surface area contributed by atoms with Crippen molar-refractivity contribution in [1.29, 1.82) is 5.26 Å². The summed E-state index contributed by atoms with van der Waals surface area (Å²) in [7, 11) is -3.43. The predicted octanol–water partition coefficient (Wildman–Crippen LogP) is 0.904. The summed E-state index contributed by atoms with van der Waals surface area (Å²) in [5.41, 5.74) is 0. The molecule has 0 fully saturated rings. The van der Waals surface area contributed by atoms with E-state index in [4.69, 9.17) is 10.00 Å². The topological polar surface area (TPSA) is 84.2 Å². The zero-order chi connectivity index (χ0) is 12.6. The Labute approximate surface area is 96.3 Å². The van der Waals surface area contributed by atoms with Crippen molar-refractivity contribution in [3.63, 3.8) is 0 Å². The molecule has 0 bridgehead atoms. The van der Waals surface area contributed by atoms with E-state index < -0.39 is 21.6 Å². The Morgan fingerprint density at radius 1 is 1.44 bits per heavy atom. The monoisotopic (exact) mass is 247 g/mol. The number of esters is 1. The second-order valence-corrected chi connectivity index (χ2v) is 6.11. The summed E-state index contributed by atoms with van der Waals surface area (Å²) in [4.78, 5) is 11.1. The summed E-state index contributed by atoms with van der Waals surface area (Å²) in [5, 5.41) is 8.25. The van der Waals surface area contributed by atoms with Gasteiger partial charge in [0.05, 0.1) is 18.4 Å².